The van der Waals surface area contributed by atoms with Gasteiger partial charge < -0.3 is 24.9 Å². The second kappa shape index (κ2) is 12.3. The number of hydrogen-bond acceptors (Lipinski definition) is 6. The molecule has 0 bridgehead atoms. The lowest BCUT2D eigenvalue weighted by atomic mass is 9.82. The van der Waals surface area contributed by atoms with E-state index in [-0.39, 0.29) is 17.5 Å². The average molecular weight is 657 g/mol. The molecule has 250 valence electrons. The maximum atomic E-state index is 13.2. The van der Waals surface area contributed by atoms with Crippen molar-refractivity contribution in [2.45, 2.75) is 70.4 Å². The Morgan fingerprint density at radius 3 is 2.37 bits per heavy atom. The van der Waals surface area contributed by atoms with Gasteiger partial charge in [-0.25, -0.2) is 14.8 Å². The van der Waals surface area contributed by atoms with Gasteiger partial charge in [-0.3, -0.25) is 9.59 Å². The van der Waals surface area contributed by atoms with Crippen LogP contribution < -0.4 is 10.9 Å². The van der Waals surface area contributed by atoms with Gasteiger partial charge in [0.05, 0.1) is 42.3 Å². The van der Waals surface area contributed by atoms with E-state index < -0.39 is 12.1 Å². The Bertz CT molecular complexity index is 2130. The molecule has 5 aromatic rings. The number of aromatic nitrogens is 4. The molecule has 1 spiro atoms. The number of rotatable bonds is 6. The summed E-state index contributed by atoms with van der Waals surface area (Å²) < 4.78 is 4.67. The summed E-state index contributed by atoms with van der Waals surface area (Å²) in [6.45, 7) is 2.28. The van der Waals surface area contributed by atoms with Crippen molar-refractivity contribution in [1.29, 1.82) is 0 Å². The number of alkyl carbamates (subject to hydrolysis) is 1. The largest absolute Gasteiger partial charge is 0.453 e. The molecule has 2 unspecified atom stereocenters. The van der Waals surface area contributed by atoms with Crippen LogP contribution in [0.2, 0.25) is 0 Å². The highest BCUT2D eigenvalue weighted by molar-refractivity contribution is 5.87. The van der Waals surface area contributed by atoms with Crippen LogP contribution in [0, 0.1) is 5.41 Å². The van der Waals surface area contributed by atoms with E-state index in [0.29, 0.717) is 22.9 Å². The van der Waals surface area contributed by atoms with Crippen LogP contribution in [0.25, 0.3) is 44.4 Å². The van der Waals surface area contributed by atoms with Crippen LogP contribution in [0.1, 0.15) is 68.4 Å². The fourth-order valence-electron chi connectivity index (χ4n) is 8.51. The summed E-state index contributed by atoms with van der Waals surface area (Å²) in [6, 6.07) is 18.3. The van der Waals surface area contributed by atoms with Crippen LogP contribution in [0.5, 0.6) is 0 Å². The maximum Gasteiger partial charge on any atom is 0.407 e. The number of hydrogen-bond donors (Lipinski definition) is 3. The molecule has 10 nitrogen and oxygen atoms in total. The topological polar surface area (TPSA) is 133 Å². The van der Waals surface area contributed by atoms with Crippen molar-refractivity contribution in [3.05, 3.63) is 94.4 Å². The summed E-state index contributed by atoms with van der Waals surface area (Å²) >= 11 is 0. The second-order valence-corrected chi connectivity index (χ2v) is 13.9. The lowest BCUT2D eigenvalue weighted by Crippen LogP contribution is -2.46. The van der Waals surface area contributed by atoms with Gasteiger partial charge in [-0.1, -0.05) is 55.3 Å². The fraction of sp³-hybridized carbons (Fsp3) is 0.359. The van der Waals surface area contributed by atoms with Gasteiger partial charge in [0.15, 0.2) is 0 Å². The minimum absolute atomic E-state index is 0.117. The minimum Gasteiger partial charge on any atom is -0.453 e. The number of aromatic amines is 2. The van der Waals surface area contributed by atoms with Crippen molar-refractivity contribution in [2.75, 3.05) is 13.7 Å². The van der Waals surface area contributed by atoms with Gasteiger partial charge >= 0.3 is 6.09 Å². The molecular weight excluding hydrogens is 616 g/mol. The first kappa shape index (κ1) is 31.0. The van der Waals surface area contributed by atoms with Crippen LogP contribution in [0.3, 0.4) is 0 Å². The molecule has 1 aliphatic heterocycles. The highest BCUT2D eigenvalue weighted by Gasteiger charge is 2.41. The third-order valence-electron chi connectivity index (χ3n) is 11.0. The highest BCUT2D eigenvalue weighted by Crippen LogP contribution is 2.53. The molecular formula is C39H40N6O4. The Kier molecular flexibility index (Phi) is 7.81. The van der Waals surface area contributed by atoms with E-state index in [1.54, 1.807) is 11.8 Å². The van der Waals surface area contributed by atoms with Crippen LogP contribution in [-0.4, -0.2) is 56.5 Å². The number of nitrogens with zero attached hydrogens (tertiary/aromatic N) is 3. The average Bonchev–Trinajstić information content (AvgIpc) is 3.95. The number of nitrogens with one attached hydrogen (secondary N) is 3. The zero-order chi connectivity index (χ0) is 33.7. The van der Waals surface area contributed by atoms with Crippen molar-refractivity contribution in [3.8, 4) is 33.5 Å². The smallest absolute Gasteiger partial charge is 0.407 e. The minimum atomic E-state index is -0.691. The molecule has 3 heterocycles. The molecule has 0 radical (unpaired) electrons. The molecule has 2 atom stereocenters. The Hall–Kier alpha value is -5.25. The van der Waals surface area contributed by atoms with Crippen molar-refractivity contribution >= 4 is 22.9 Å². The molecule has 3 aromatic carbocycles. The van der Waals surface area contributed by atoms with E-state index in [4.69, 9.17) is 0 Å². The predicted molar refractivity (Wildman–Crippen MR) is 188 cm³/mol. The van der Waals surface area contributed by atoms with Gasteiger partial charge in [0, 0.05) is 6.54 Å². The van der Waals surface area contributed by atoms with Crippen molar-refractivity contribution in [2.24, 2.45) is 5.41 Å². The number of ether oxygens (including phenoxy) is 1. The Morgan fingerprint density at radius 2 is 1.63 bits per heavy atom. The van der Waals surface area contributed by atoms with Crippen LogP contribution in [0.15, 0.2) is 71.9 Å². The van der Waals surface area contributed by atoms with Gasteiger partial charge in [0.25, 0.3) is 5.56 Å². The number of amides is 2. The van der Waals surface area contributed by atoms with Gasteiger partial charge in [0.2, 0.25) is 5.91 Å². The second-order valence-electron chi connectivity index (χ2n) is 13.9. The number of H-pyrrole nitrogens is 2. The van der Waals surface area contributed by atoms with Crippen LogP contribution in [-0.2, 0) is 22.4 Å². The van der Waals surface area contributed by atoms with E-state index in [9.17, 15) is 14.4 Å². The zero-order valence-corrected chi connectivity index (χ0v) is 27.8. The molecule has 2 fully saturated rings. The Morgan fingerprint density at radius 1 is 0.939 bits per heavy atom. The molecule has 3 aliphatic rings. The number of likely N-dealkylation sites (tertiary alicyclic amines) is 1. The van der Waals surface area contributed by atoms with Gasteiger partial charge in [0.1, 0.15) is 11.9 Å². The SMILES string of the molecule is COC(=O)NC(C)C(=O)N1CCCC1c1ncc(-c2ccc(-c3ccc(-c4ccc5nc[nH]c(=O)c5c4)c4c3CC3(CCCC3)C4)cc2)[nH]1. The van der Waals surface area contributed by atoms with Gasteiger partial charge in [-0.05, 0) is 102 Å². The third kappa shape index (κ3) is 5.58. The predicted octanol–water partition coefficient (Wildman–Crippen LogP) is 6.71. The molecule has 10 heteroatoms. The number of fused-ring (bicyclic) bond motifs is 2. The summed E-state index contributed by atoms with van der Waals surface area (Å²) in [4.78, 5) is 54.5. The van der Waals surface area contributed by atoms with Crippen molar-refractivity contribution < 1.29 is 14.3 Å². The third-order valence-corrected chi connectivity index (χ3v) is 11.0. The molecule has 49 heavy (non-hydrogen) atoms. The Balaban J connectivity index is 1.08. The normalized spacial score (nSPS) is 18.6. The summed E-state index contributed by atoms with van der Waals surface area (Å²) in [5.74, 6) is 0.594. The first-order chi connectivity index (χ1) is 23.8. The molecule has 1 saturated heterocycles. The number of carbonyl (C=O) groups excluding carboxylic acids is 2. The van der Waals surface area contributed by atoms with Crippen LogP contribution >= 0.6 is 0 Å². The summed E-state index contributed by atoms with van der Waals surface area (Å²) in [5.41, 5.74) is 10.4. The van der Waals surface area contributed by atoms with Crippen molar-refractivity contribution in [1.82, 2.24) is 30.2 Å². The first-order valence-corrected chi connectivity index (χ1v) is 17.3. The number of carbonyl (C=O) groups is 2. The zero-order valence-electron chi connectivity index (χ0n) is 27.8. The highest BCUT2D eigenvalue weighted by atomic mass is 16.5. The number of benzene rings is 3. The monoisotopic (exact) mass is 656 g/mol. The summed E-state index contributed by atoms with van der Waals surface area (Å²) in [5, 5.41) is 3.19. The number of methoxy groups -OCH3 is 1. The molecule has 1 saturated carbocycles. The molecule has 3 N–H and O–H groups in total. The molecule has 8 rings (SSSR count). The lowest BCUT2D eigenvalue weighted by molar-refractivity contribution is -0.134. The van der Waals surface area contributed by atoms with E-state index in [1.165, 1.54) is 66.9 Å². The van der Waals surface area contributed by atoms with E-state index in [0.717, 1.165) is 48.3 Å². The maximum absolute atomic E-state index is 13.2. The van der Waals surface area contributed by atoms with E-state index >= 15 is 0 Å². The van der Waals surface area contributed by atoms with Gasteiger partial charge in [-0.15, -0.1) is 0 Å². The molecule has 2 aliphatic carbocycles. The standard InChI is InChI=1S/C39H40N6O4/c1-23(43-38(48)49-2)37(47)45-17-5-6-34(45)35-40-21-33(44-35)25-9-7-24(8-10-25)27-12-13-28(31-20-39(19-30(27)31)15-3-4-16-39)26-11-14-32-29(18-26)36(46)42-22-41-32/h7-14,18,21-23,34H,3-6,15-17,19-20H2,1-2H3,(H,40,44)(H,43,48)(H,41,42,46). The number of imidazole rings is 1. The fourth-order valence-corrected chi connectivity index (χ4v) is 8.51. The van der Waals surface area contributed by atoms with E-state index in [1.807, 2.05) is 18.3 Å². The van der Waals surface area contributed by atoms with Crippen molar-refractivity contribution in [3.63, 3.8) is 0 Å². The van der Waals surface area contributed by atoms with Gasteiger partial charge in [-0.2, -0.15) is 0 Å². The quantitative estimate of drug-likeness (QED) is 0.186. The summed E-state index contributed by atoms with van der Waals surface area (Å²) in [7, 11) is 1.28. The Labute approximate surface area is 284 Å². The lowest BCUT2D eigenvalue weighted by Gasteiger charge is -2.26. The molecule has 2 amide bonds. The molecule has 2 aromatic heterocycles. The summed E-state index contributed by atoms with van der Waals surface area (Å²) in [6.07, 6.45) is 11.6. The van der Waals surface area contributed by atoms with Crippen LogP contribution in [0.4, 0.5) is 4.79 Å². The van der Waals surface area contributed by atoms with E-state index in [2.05, 4.69) is 72.5 Å². The first-order valence-electron chi connectivity index (χ1n) is 17.3.